The Kier molecular flexibility index (Phi) is 5.22. The first kappa shape index (κ1) is 14.3. The van der Waals surface area contributed by atoms with E-state index >= 15 is 0 Å². The SMILES string of the molecule is CCOc1cccc(NCc2ncc(Br)cc2Br)c1. The summed E-state index contributed by atoms with van der Waals surface area (Å²) in [6.07, 6.45) is 1.79. The number of rotatable bonds is 5. The van der Waals surface area contributed by atoms with Crippen molar-refractivity contribution in [1.82, 2.24) is 4.98 Å². The molecule has 1 heterocycles. The Balaban J connectivity index is 2.03. The number of benzene rings is 1. The monoisotopic (exact) mass is 384 g/mol. The van der Waals surface area contributed by atoms with Crippen LogP contribution in [0.3, 0.4) is 0 Å². The van der Waals surface area contributed by atoms with Crippen molar-refractivity contribution in [1.29, 1.82) is 0 Å². The lowest BCUT2D eigenvalue weighted by Gasteiger charge is -2.09. The van der Waals surface area contributed by atoms with Crippen LogP contribution in [-0.2, 0) is 6.54 Å². The first-order valence-electron chi connectivity index (χ1n) is 5.95. The molecule has 5 heteroatoms. The molecule has 3 nitrogen and oxygen atoms in total. The number of hydrogen-bond donors (Lipinski definition) is 1. The molecule has 0 saturated heterocycles. The molecule has 1 aromatic carbocycles. The lowest BCUT2D eigenvalue weighted by atomic mass is 10.3. The lowest BCUT2D eigenvalue weighted by molar-refractivity contribution is 0.340. The fraction of sp³-hybridized carbons (Fsp3) is 0.214. The molecule has 0 amide bonds. The van der Waals surface area contributed by atoms with Gasteiger partial charge in [-0.2, -0.15) is 0 Å². The van der Waals surface area contributed by atoms with E-state index in [1.165, 1.54) is 0 Å². The van der Waals surface area contributed by atoms with E-state index in [0.29, 0.717) is 13.2 Å². The predicted octanol–water partition coefficient (Wildman–Crippen LogP) is 4.62. The van der Waals surface area contributed by atoms with Gasteiger partial charge in [0, 0.05) is 26.9 Å². The molecule has 0 fully saturated rings. The highest BCUT2D eigenvalue weighted by Gasteiger charge is 2.03. The summed E-state index contributed by atoms with van der Waals surface area (Å²) in [7, 11) is 0. The second kappa shape index (κ2) is 6.91. The second-order valence-corrected chi connectivity index (χ2v) is 5.67. The van der Waals surface area contributed by atoms with Gasteiger partial charge in [0.25, 0.3) is 0 Å². The summed E-state index contributed by atoms with van der Waals surface area (Å²) in [5.41, 5.74) is 1.98. The molecule has 0 radical (unpaired) electrons. The van der Waals surface area contributed by atoms with Crippen LogP contribution >= 0.6 is 31.9 Å². The molecular weight excluding hydrogens is 372 g/mol. The largest absolute Gasteiger partial charge is 0.494 e. The lowest BCUT2D eigenvalue weighted by Crippen LogP contribution is -2.02. The molecule has 19 heavy (non-hydrogen) atoms. The quantitative estimate of drug-likeness (QED) is 0.815. The van der Waals surface area contributed by atoms with Crippen LogP contribution in [0.25, 0.3) is 0 Å². The minimum Gasteiger partial charge on any atom is -0.494 e. The van der Waals surface area contributed by atoms with Crippen molar-refractivity contribution >= 4 is 37.5 Å². The number of anilines is 1. The number of ether oxygens (including phenoxy) is 1. The van der Waals surface area contributed by atoms with Crippen molar-refractivity contribution < 1.29 is 4.74 Å². The second-order valence-electron chi connectivity index (χ2n) is 3.90. The molecule has 100 valence electrons. The van der Waals surface area contributed by atoms with Gasteiger partial charge >= 0.3 is 0 Å². The fourth-order valence-corrected chi connectivity index (χ4v) is 2.75. The van der Waals surface area contributed by atoms with E-state index in [9.17, 15) is 0 Å². The molecule has 0 bridgehead atoms. The average Bonchev–Trinajstić information content (AvgIpc) is 2.38. The highest BCUT2D eigenvalue weighted by molar-refractivity contribution is 9.11. The summed E-state index contributed by atoms with van der Waals surface area (Å²) < 4.78 is 7.41. The van der Waals surface area contributed by atoms with Crippen molar-refractivity contribution in [2.24, 2.45) is 0 Å². The molecule has 0 atom stereocenters. The van der Waals surface area contributed by atoms with Crippen LogP contribution in [-0.4, -0.2) is 11.6 Å². The van der Waals surface area contributed by atoms with Gasteiger partial charge in [-0.1, -0.05) is 6.07 Å². The number of pyridine rings is 1. The molecule has 1 aromatic heterocycles. The van der Waals surface area contributed by atoms with Crippen LogP contribution in [0.4, 0.5) is 5.69 Å². The van der Waals surface area contributed by atoms with Gasteiger partial charge in [-0.25, -0.2) is 0 Å². The molecule has 0 spiro atoms. The predicted molar refractivity (Wildman–Crippen MR) is 84.6 cm³/mol. The van der Waals surface area contributed by atoms with Crippen LogP contribution in [0, 0.1) is 0 Å². The molecule has 0 aliphatic heterocycles. The maximum Gasteiger partial charge on any atom is 0.121 e. The smallest absolute Gasteiger partial charge is 0.121 e. The maximum atomic E-state index is 5.47. The summed E-state index contributed by atoms with van der Waals surface area (Å²) in [4.78, 5) is 4.36. The normalized spacial score (nSPS) is 10.3. The molecule has 0 aliphatic carbocycles. The van der Waals surface area contributed by atoms with Crippen molar-refractivity contribution in [3.63, 3.8) is 0 Å². The van der Waals surface area contributed by atoms with Crippen molar-refractivity contribution in [3.05, 3.63) is 51.2 Å². The third-order valence-electron chi connectivity index (χ3n) is 2.49. The molecule has 0 aliphatic rings. The number of nitrogens with one attached hydrogen (secondary N) is 1. The average molecular weight is 386 g/mol. The summed E-state index contributed by atoms with van der Waals surface area (Å²) in [5, 5.41) is 3.33. The van der Waals surface area contributed by atoms with E-state index in [1.54, 1.807) is 6.20 Å². The van der Waals surface area contributed by atoms with Crippen LogP contribution in [0.15, 0.2) is 45.5 Å². The first-order valence-corrected chi connectivity index (χ1v) is 7.54. The van der Waals surface area contributed by atoms with Gasteiger partial charge in [0.15, 0.2) is 0 Å². The Morgan fingerprint density at radius 1 is 1.26 bits per heavy atom. The van der Waals surface area contributed by atoms with E-state index in [1.807, 2.05) is 37.3 Å². The van der Waals surface area contributed by atoms with Gasteiger partial charge in [0.05, 0.1) is 18.8 Å². The van der Waals surface area contributed by atoms with Crippen LogP contribution in [0.1, 0.15) is 12.6 Å². The van der Waals surface area contributed by atoms with Crippen LogP contribution in [0.2, 0.25) is 0 Å². The summed E-state index contributed by atoms with van der Waals surface area (Å²) >= 11 is 6.89. The van der Waals surface area contributed by atoms with Gasteiger partial charge in [0.1, 0.15) is 5.75 Å². The Labute approximate surface area is 129 Å². The maximum absolute atomic E-state index is 5.47. The Hall–Kier alpha value is -1.07. The van der Waals surface area contributed by atoms with Gasteiger partial charge < -0.3 is 10.1 Å². The Morgan fingerprint density at radius 3 is 2.84 bits per heavy atom. The molecule has 0 saturated carbocycles. The number of hydrogen-bond acceptors (Lipinski definition) is 3. The zero-order chi connectivity index (χ0) is 13.7. The Bertz CT molecular complexity index is 561. The van der Waals surface area contributed by atoms with Crippen LogP contribution in [0.5, 0.6) is 5.75 Å². The summed E-state index contributed by atoms with van der Waals surface area (Å²) in [5.74, 6) is 0.871. The molecule has 1 N–H and O–H groups in total. The number of nitrogens with zero attached hydrogens (tertiary/aromatic N) is 1. The summed E-state index contributed by atoms with van der Waals surface area (Å²) in [6.45, 7) is 3.30. The molecular formula is C14H14Br2N2O. The van der Waals surface area contributed by atoms with E-state index in [4.69, 9.17) is 4.74 Å². The fourth-order valence-electron chi connectivity index (χ4n) is 1.62. The zero-order valence-corrected chi connectivity index (χ0v) is 13.7. The molecule has 2 aromatic rings. The van der Waals surface area contributed by atoms with E-state index in [2.05, 4.69) is 42.2 Å². The molecule has 2 rings (SSSR count). The van der Waals surface area contributed by atoms with E-state index in [-0.39, 0.29) is 0 Å². The van der Waals surface area contributed by atoms with E-state index < -0.39 is 0 Å². The minimum atomic E-state index is 0.656. The third kappa shape index (κ3) is 4.21. The highest BCUT2D eigenvalue weighted by Crippen LogP contribution is 2.22. The standard InChI is InChI=1S/C14H14Br2N2O/c1-2-19-12-5-3-4-11(7-12)17-9-14-13(16)6-10(15)8-18-14/h3-8,17H,2,9H2,1H3. The third-order valence-corrected chi connectivity index (χ3v) is 3.61. The van der Waals surface area contributed by atoms with Gasteiger partial charge in [-0.05, 0) is 57.0 Å². The number of aromatic nitrogens is 1. The topological polar surface area (TPSA) is 34.1 Å². The van der Waals surface area contributed by atoms with Gasteiger partial charge in [0.2, 0.25) is 0 Å². The van der Waals surface area contributed by atoms with Gasteiger partial charge in [-0.3, -0.25) is 4.98 Å². The van der Waals surface area contributed by atoms with Crippen LogP contribution < -0.4 is 10.1 Å². The Morgan fingerprint density at radius 2 is 2.11 bits per heavy atom. The van der Waals surface area contributed by atoms with Gasteiger partial charge in [-0.15, -0.1) is 0 Å². The van der Waals surface area contributed by atoms with E-state index in [0.717, 1.165) is 26.1 Å². The van der Waals surface area contributed by atoms with Crippen molar-refractivity contribution in [3.8, 4) is 5.75 Å². The number of halogens is 2. The molecule has 0 unspecified atom stereocenters. The first-order chi connectivity index (χ1) is 9.19. The van der Waals surface area contributed by atoms with Crippen molar-refractivity contribution in [2.75, 3.05) is 11.9 Å². The zero-order valence-electron chi connectivity index (χ0n) is 10.5. The van der Waals surface area contributed by atoms with Crippen molar-refractivity contribution in [2.45, 2.75) is 13.5 Å². The highest BCUT2D eigenvalue weighted by atomic mass is 79.9. The minimum absolute atomic E-state index is 0.656. The summed E-state index contributed by atoms with van der Waals surface area (Å²) in [6, 6.07) is 9.89.